The highest BCUT2D eigenvalue weighted by Gasteiger charge is 2.20. The third-order valence-electron chi connectivity index (χ3n) is 9.91. The van der Waals surface area contributed by atoms with E-state index in [0.717, 1.165) is 77.9 Å². The van der Waals surface area contributed by atoms with Gasteiger partial charge in [0.2, 0.25) is 5.89 Å². The van der Waals surface area contributed by atoms with Gasteiger partial charge >= 0.3 is 0 Å². The summed E-state index contributed by atoms with van der Waals surface area (Å²) in [7, 11) is 0. The van der Waals surface area contributed by atoms with Crippen LogP contribution in [-0.2, 0) is 0 Å². The van der Waals surface area contributed by atoms with E-state index < -0.39 is 0 Å². The van der Waals surface area contributed by atoms with Crippen LogP contribution in [0, 0.1) is 0 Å². The Morgan fingerprint density at radius 2 is 0.962 bits per heavy atom. The summed E-state index contributed by atoms with van der Waals surface area (Å²) >= 11 is 0. The molecule has 0 atom stereocenters. The van der Waals surface area contributed by atoms with Gasteiger partial charge in [-0.3, -0.25) is 0 Å². The zero-order chi connectivity index (χ0) is 35.1. The summed E-state index contributed by atoms with van der Waals surface area (Å²) in [6.07, 6.45) is 0. The number of hydrogen-bond acceptors (Lipinski definition) is 4. The number of fused-ring (bicyclic) bond motifs is 5. The lowest BCUT2D eigenvalue weighted by Crippen LogP contribution is -2.11. The highest BCUT2D eigenvalue weighted by Crippen LogP contribution is 2.43. The van der Waals surface area contributed by atoms with Gasteiger partial charge in [-0.05, 0) is 101 Å². The molecule has 0 aliphatic carbocycles. The molecule has 0 unspecified atom stereocenters. The topological polar surface area (TPSA) is 42.4 Å². The van der Waals surface area contributed by atoms with E-state index in [4.69, 9.17) is 13.8 Å². The first-order chi connectivity index (χ1) is 26.3. The smallest absolute Gasteiger partial charge is 0.227 e. The second kappa shape index (κ2) is 12.9. The highest BCUT2D eigenvalue weighted by molar-refractivity contribution is 6.16. The van der Waals surface area contributed by atoms with Crippen molar-refractivity contribution in [3.05, 3.63) is 194 Å². The lowest BCUT2D eigenvalue weighted by Gasteiger charge is -2.28. The third kappa shape index (κ3) is 5.54. The first-order valence-corrected chi connectivity index (χ1v) is 17.8. The van der Waals surface area contributed by atoms with Crippen molar-refractivity contribution >= 4 is 50.1 Å². The number of anilines is 3. The molecule has 0 bridgehead atoms. The first kappa shape index (κ1) is 30.6. The predicted octanol–water partition coefficient (Wildman–Crippen LogP) is 13.9. The minimum atomic E-state index is 0.603. The van der Waals surface area contributed by atoms with Gasteiger partial charge in [-0.2, -0.15) is 0 Å². The van der Waals surface area contributed by atoms with E-state index in [1.807, 2.05) is 42.5 Å². The van der Waals surface area contributed by atoms with Crippen LogP contribution < -0.4 is 4.90 Å². The van der Waals surface area contributed by atoms with E-state index in [-0.39, 0.29) is 0 Å². The Labute approximate surface area is 306 Å². The number of rotatable bonds is 7. The molecule has 0 aliphatic heterocycles. The molecule has 0 saturated heterocycles. The molecular formula is C49H32N2O2. The Morgan fingerprint density at radius 3 is 1.68 bits per heavy atom. The van der Waals surface area contributed by atoms with Crippen molar-refractivity contribution in [3.8, 4) is 44.8 Å². The van der Waals surface area contributed by atoms with Crippen LogP contribution in [-0.4, -0.2) is 4.98 Å². The van der Waals surface area contributed by atoms with Gasteiger partial charge in [0.25, 0.3) is 0 Å². The van der Waals surface area contributed by atoms with Crippen molar-refractivity contribution in [2.75, 3.05) is 4.90 Å². The zero-order valence-electron chi connectivity index (χ0n) is 28.7. The van der Waals surface area contributed by atoms with Gasteiger partial charge < -0.3 is 13.7 Å². The predicted molar refractivity (Wildman–Crippen MR) is 218 cm³/mol. The standard InChI is InChI=1S/C49H32N2O2/c1-5-13-33(14-6-1)37-24-29-44(42(31-37)35-15-7-2-8-16-35)51(39-19-11-4-12-20-39)40-25-21-34(22-26-40)38-23-27-41-46(32-38)52-45-30-28-43-48(47(41)45)53-49(50-43)36-17-9-3-10-18-36/h1-32H. The van der Waals surface area contributed by atoms with Crippen molar-refractivity contribution in [2.45, 2.75) is 0 Å². The second-order valence-electron chi connectivity index (χ2n) is 13.2. The summed E-state index contributed by atoms with van der Waals surface area (Å²) in [5.41, 5.74) is 14.2. The largest absolute Gasteiger partial charge is 0.456 e. The monoisotopic (exact) mass is 680 g/mol. The fraction of sp³-hybridized carbons (Fsp3) is 0. The maximum Gasteiger partial charge on any atom is 0.227 e. The van der Waals surface area contributed by atoms with Gasteiger partial charge in [-0.1, -0.05) is 121 Å². The van der Waals surface area contributed by atoms with Crippen LogP contribution in [0.5, 0.6) is 0 Å². The average molecular weight is 681 g/mol. The van der Waals surface area contributed by atoms with Gasteiger partial charge in [-0.15, -0.1) is 0 Å². The Morgan fingerprint density at radius 1 is 0.396 bits per heavy atom. The summed E-state index contributed by atoms with van der Waals surface area (Å²) in [5.74, 6) is 0.603. The number of hydrogen-bond donors (Lipinski definition) is 0. The summed E-state index contributed by atoms with van der Waals surface area (Å²) in [4.78, 5) is 7.12. The fourth-order valence-corrected chi connectivity index (χ4v) is 7.33. The van der Waals surface area contributed by atoms with Crippen molar-refractivity contribution in [3.63, 3.8) is 0 Å². The lowest BCUT2D eigenvalue weighted by atomic mass is 9.96. The molecule has 0 spiro atoms. The second-order valence-corrected chi connectivity index (χ2v) is 13.2. The molecule has 0 N–H and O–H groups in total. The van der Waals surface area contributed by atoms with Gasteiger partial charge in [0.05, 0.1) is 11.1 Å². The number of furan rings is 1. The fourth-order valence-electron chi connectivity index (χ4n) is 7.33. The summed E-state index contributed by atoms with van der Waals surface area (Å²) in [6.45, 7) is 0. The molecule has 4 heteroatoms. The quantitative estimate of drug-likeness (QED) is 0.168. The molecule has 0 saturated carbocycles. The van der Waals surface area contributed by atoms with Crippen LogP contribution in [0.4, 0.5) is 17.1 Å². The van der Waals surface area contributed by atoms with E-state index in [2.05, 4.69) is 157 Å². The van der Waals surface area contributed by atoms with E-state index in [1.54, 1.807) is 0 Å². The van der Waals surface area contributed by atoms with Gasteiger partial charge in [-0.25, -0.2) is 4.98 Å². The van der Waals surface area contributed by atoms with Crippen LogP contribution in [0.2, 0.25) is 0 Å². The minimum absolute atomic E-state index is 0.603. The van der Waals surface area contributed by atoms with Crippen LogP contribution in [0.15, 0.2) is 203 Å². The first-order valence-electron chi connectivity index (χ1n) is 17.8. The van der Waals surface area contributed by atoms with E-state index in [0.29, 0.717) is 5.89 Å². The highest BCUT2D eigenvalue weighted by atomic mass is 16.4. The van der Waals surface area contributed by atoms with Crippen LogP contribution in [0.1, 0.15) is 0 Å². The van der Waals surface area contributed by atoms with Crippen molar-refractivity contribution < 1.29 is 8.83 Å². The van der Waals surface area contributed by atoms with Crippen molar-refractivity contribution in [1.29, 1.82) is 0 Å². The Hall–Kier alpha value is -7.17. The van der Waals surface area contributed by atoms with Gasteiger partial charge in [0, 0.05) is 27.9 Å². The normalized spacial score (nSPS) is 11.4. The Kier molecular flexibility index (Phi) is 7.43. The SMILES string of the molecule is c1ccc(-c2ccc(N(c3ccccc3)c3ccc(-c4ccc5c(c4)oc4ccc6nc(-c7ccccc7)oc6c45)cc3)c(-c3ccccc3)c2)cc1. The molecule has 2 heterocycles. The number of aromatic nitrogens is 1. The maximum absolute atomic E-state index is 6.42. The number of benzene rings is 8. The molecule has 53 heavy (non-hydrogen) atoms. The molecule has 0 aliphatic rings. The van der Waals surface area contributed by atoms with E-state index in [9.17, 15) is 0 Å². The maximum atomic E-state index is 6.42. The number of nitrogens with zero attached hydrogens (tertiary/aromatic N) is 2. The molecule has 250 valence electrons. The molecule has 4 nitrogen and oxygen atoms in total. The van der Waals surface area contributed by atoms with Crippen LogP contribution in [0.3, 0.4) is 0 Å². The third-order valence-corrected chi connectivity index (χ3v) is 9.91. The number of oxazole rings is 1. The van der Waals surface area contributed by atoms with Crippen molar-refractivity contribution in [2.24, 2.45) is 0 Å². The van der Waals surface area contributed by atoms with Gasteiger partial charge in [0.1, 0.15) is 16.7 Å². The van der Waals surface area contributed by atoms with E-state index in [1.165, 1.54) is 11.1 Å². The summed E-state index contributed by atoms with van der Waals surface area (Å²) < 4.78 is 12.8. The van der Waals surface area contributed by atoms with Crippen molar-refractivity contribution in [1.82, 2.24) is 4.98 Å². The molecule has 0 amide bonds. The summed E-state index contributed by atoms with van der Waals surface area (Å²) in [6, 6.07) is 67.7. The van der Waals surface area contributed by atoms with Crippen LogP contribution >= 0.6 is 0 Å². The minimum Gasteiger partial charge on any atom is -0.456 e. The van der Waals surface area contributed by atoms with Crippen LogP contribution in [0.25, 0.3) is 77.9 Å². The molecule has 10 aromatic rings. The van der Waals surface area contributed by atoms with Gasteiger partial charge in [0.15, 0.2) is 5.58 Å². The summed E-state index contributed by atoms with van der Waals surface area (Å²) in [5, 5.41) is 1.95. The zero-order valence-corrected chi connectivity index (χ0v) is 28.7. The molecule has 10 rings (SSSR count). The average Bonchev–Trinajstić information content (AvgIpc) is 3.84. The molecular weight excluding hydrogens is 649 g/mol. The Balaban J connectivity index is 1.05. The Bertz CT molecular complexity index is 2860. The number of para-hydroxylation sites is 1. The molecule has 2 aromatic heterocycles. The molecule has 0 fully saturated rings. The lowest BCUT2D eigenvalue weighted by molar-refractivity contribution is 0.622. The molecule has 8 aromatic carbocycles. The van der Waals surface area contributed by atoms with E-state index >= 15 is 0 Å². The molecule has 0 radical (unpaired) electrons.